The molecular formula is C20H29ClN4O2S. The zero-order valence-electron chi connectivity index (χ0n) is 16.8. The van der Waals surface area contributed by atoms with Crippen molar-refractivity contribution in [3.8, 4) is 5.75 Å². The lowest BCUT2D eigenvalue weighted by Gasteiger charge is -2.22. The highest BCUT2D eigenvalue weighted by atomic mass is 35.5. The van der Waals surface area contributed by atoms with E-state index in [-0.39, 0.29) is 16.7 Å². The minimum absolute atomic E-state index is 0.0708. The van der Waals surface area contributed by atoms with Crippen molar-refractivity contribution in [2.45, 2.75) is 44.4 Å². The van der Waals surface area contributed by atoms with Crippen LogP contribution in [0.4, 0.5) is 0 Å². The SMILES string of the molecule is CC.COc1cnc(Cl)cc1C1=C(C(=O)NC(C)SC(N)C2CC2)C=CNC1. The summed E-state index contributed by atoms with van der Waals surface area (Å²) in [5, 5.41) is 6.52. The number of carbonyl (C=O) groups excluding carboxylic acids is 1. The molecule has 1 aromatic rings. The molecule has 0 aromatic carbocycles. The normalized spacial score (nSPS) is 17.8. The number of hydrogen-bond acceptors (Lipinski definition) is 6. The van der Waals surface area contributed by atoms with Crippen LogP contribution in [0.25, 0.3) is 5.57 Å². The van der Waals surface area contributed by atoms with Gasteiger partial charge in [0.1, 0.15) is 10.9 Å². The number of nitrogens with one attached hydrogen (secondary N) is 2. The van der Waals surface area contributed by atoms with E-state index in [0.29, 0.717) is 28.9 Å². The van der Waals surface area contributed by atoms with Crippen LogP contribution in [-0.4, -0.2) is 35.3 Å². The predicted molar refractivity (Wildman–Crippen MR) is 117 cm³/mol. The number of rotatable bonds is 7. The van der Waals surface area contributed by atoms with Crippen LogP contribution in [-0.2, 0) is 4.79 Å². The number of carbonyl (C=O) groups is 1. The molecule has 8 heteroatoms. The summed E-state index contributed by atoms with van der Waals surface area (Å²) in [5.41, 5.74) is 8.29. The number of halogens is 1. The van der Waals surface area contributed by atoms with Gasteiger partial charge in [-0.3, -0.25) is 4.79 Å². The summed E-state index contributed by atoms with van der Waals surface area (Å²) in [7, 11) is 1.57. The summed E-state index contributed by atoms with van der Waals surface area (Å²) >= 11 is 7.65. The van der Waals surface area contributed by atoms with Crippen molar-refractivity contribution < 1.29 is 9.53 Å². The average Bonchev–Trinajstić information content (AvgIpc) is 3.55. The van der Waals surface area contributed by atoms with Crippen LogP contribution in [0.1, 0.15) is 39.2 Å². The molecule has 3 rings (SSSR count). The molecule has 4 N–H and O–H groups in total. The molecule has 154 valence electrons. The molecule has 1 aliphatic carbocycles. The Hall–Kier alpha value is -1.70. The maximum Gasteiger partial charge on any atom is 0.252 e. The number of thioether (sulfide) groups is 1. The summed E-state index contributed by atoms with van der Waals surface area (Å²) in [4.78, 5) is 16.9. The first-order chi connectivity index (χ1) is 13.5. The molecule has 1 aliphatic heterocycles. The molecular weight excluding hydrogens is 396 g/mol. The lowest BCUT2D eigenvalue weighted by molar-refractivity contribution is -0.117. The Morgan fingerprint density at radius 2 is 2.18 bits per heavy atom. The Labute approximate surface area is 176 Å². The van der Waals surface area contributed by atoms with Crippen LogP contribution in [0.5, 0.6) is 5.75 Å². The van der Waals surface area contributed by atoms with Crippen molar-refractivity contribution >= 4 is 34.8 Å². The second-order valence-corrected chi connectivity index (χ2v) is 8.28. The highest BCUT2D eigenvalue weighted by Gasteiger charge is 2.30. The van der Waals surface area contributed by atoms with Gasteiger partial charge < -0.3 is 21.1 Å². The largest absolute Gasteiger partial charge is 0.494 e. The van der Waals surface area contributed by atoms with Gasteiger partial charge in [-0.15, -0.1) is 11.8 Å². The summed E-state index contributed by atoms with van der Waals surface area (Å²) in [6.07, 6.45) is 7.45. The Balaban J connectivity index is 0.00000136. The number of nitrogens with two attached hydrogens (primary N) is 1. The predicted octanol–water partition coefficient (Wildman–Crippen LogP) is 3.53. The topological polar surface area (TPSA) is 89.3 Å². The summed E-state index contributed by atoms with van der Waals surface area (Å²) in [6.45, 7) is 6.46. The second kappa shape index (κ2) is 10.7. The number of aromatic nitrogens is 1. The maximum atomic E-state index is 12.9. The lowest BCUT2D eigenvalue weighted by Crippen LogP contribution is -2.36. The van der Waals surface area contributed by atoms with Gasteiger partial charge in [-0.2, -0.15) is 0 Å². The quantitative estimate of drug-likeness (QED) is 0.458. The van der Waals surface area contributed by atoms with E-state index in [1.165, 1.54) is 12.8 Å². The van der Waals surface area contributed by atoms with Gasteiger partial charge in [0, 0.05) is 17.7 Å². The van der Waals surface area contributed by atoms with E-state index in [0.717, 1.165) is 11.1 Å². The molecule has 0 spiro atoms. The molecule has 2 unspecified atom stereocenters. The monoisotopic (exact) mass is 424 g/mol. The van der Waals surface area contributed by atoms with E-state index in [4.69, 9.17) is 22.1 Å². The smallest absolute Gasteiger partial charge is 0.252 e. The Bertz CT molecular complexity index is 750. The van der Waals surface area contributed by atoms with Crippen molar-refractivity contribution in [2.75, 3.05) is 13.7 Å². The number of methoxy groups -OCH3 is 1. The first-order valence-corrected chi connectivity index (χ1v) is 10.9. The molecule has 2 aliphatic rings. The number of dihydropyridines is 1. The summed E-state index contributed by atoms with van der Waals surface area (Å²) in [6, 6.07) is 1.71. The van der Waals surface area contributed by atoms with Crippen LogP contribution in [0.15, 0.2) is 30.1 Å². The standard InChI is InChI=1S/C18H23ClN4O2S.C2H6/c1-10(26-17(20)11-3-4-11)23-18(24)12-5-6-21-8-14(12)13-7-16(19)22-9-15(13)25-2;1-2/h5-7,9-11,17,21H,3-4,8,20H2,1-2H3,(H,23,24);1-2H3. The second-order valence-electron chi connectivity index (χ2n) is 6.37. The van der Waals surface area contributed by atoms with Crippen LogP contribution < -0.4 is 21.1 Å². The van der Waals surface area contributed by atoms with Gasteiger partial charge in [0.15, 0.2) is 0 Å². The van der Waals surface area contributed by atoms with Crippen molar-refractivity contribution in [2.24, 2.45) is 11.7 Å². The molecule has 28 heavy (non-hydrogen) atoms. The molecule has 6 nitrogen and oxygen atoms in total. The number of hydrogen-bond donors (Lipinski definition) is 3. The molecule has 0 radical (unpaired) electrons. The van der Waals surface area contributed by atoms with Crippen LogP contribution in [0, 0.1) is 5.92 Å². The van der Waals surface area contributed by atoms with Gasteiger partial charge in [0.2, 0.25) is 0 Å². The molecule has 0 bridgehead atoms. The van der Waals surface area contributed by atoms with E-state index in [9.17, 15) is 4.79 Å². The van der Waals surface area contributed by atoms with Gasteiger partial charge in [-0.1, -0.05) is 25.4 Å². The third-order valence-electron chi connectivity index (χ3n) is 4.38. The lowest BCUT2D eigenvalue weighted by atomic mass is 9.97. The van der Waals surface area contributed by atoms with Crippen LogP contribution >= 0.6 is 23.4 Å². The Morgan fingerprint density at radius 3 is 2.82 bits per heavy atom. The minimum Gasteiger partial charge on any atom is -0.494 e. The highest BCUT2D eigenvalue weighted by Crippen LogP contribution is 2.37. The number of amides is 1. The zero-order valence-corrected chi connectivity index (χ0v) is 18.4. The van der Waals surface area contributed by atoms with E-state index in [1.807, 2.05) is 20.8 Å². The first kappa shape index (κ1) is 22.6. The summed E-state index contributed by atoms with van der Waals surface area (Å²) in [5.74, 6) is 1.01. The third-order valence-corrected chi connectivity index (χ3v) is 5.81. The third kappa shape index (κ3) is 5.90. The minimum atomic E-state index is -0.143. The fraction of sp³-hybridized carbons (Fsp3) is 0.500. The van der Waals surface area contributed by atoms with Crippen molar-refractivity contribution in [1.82, 2.24) is 15.6 Å². The Morgan fingerprint density at radius 1 is 1.46 bits per heavy atom. The van der Waals surface area contributed by atoms with Gasteiger partial charge in [0.25, 0.3) is 5.91 Å². The molecule has 0 saturated heterocycles. The average molecular weight is 425 g/mol. The molecule has 1 amide bonds. The van der Waals surface area contributed by atoms with Crippen molar-refractivity contribution in [3.05, 3.63) is 40.8 Å². The molecule has 1 aromatic heterocycles. The fourth-order valence-electron chi connectivity index (χ4n) is 2.84. The molecule has 2 heterocycles. The van der Waals surface area contributed by atoms with E-state index >= 15 is 0 Å². The van der Waals surface area contributed by atoms with Gasteiger partial charge >= 0.3 is 0 Å². The highest BCUT2D eigenvalue weighted by molar-refractivity contribution is 8.00. The maximum absolute atomic E-state index is 12.9. The van der Waals surface area contributed by atoms with Gasteiger partial charge in [-0.05, 0) is 49.6 Å². The zero-order chi connectivity index (χ0) is 20.7. The molecule has 1 saturated carbocycles. The van der Waals surface area contributed by atoms with Crippen LogP contribution in [0.3, 0.4) is 0 Å². The number of pyridine rings is 1. The molecule has 1 fully saturated rings. The van der Waals surface area contributed by atoms with Crippen molar-refractivity contribution in [1.29, 1.82) is 0 Å². The van der Waals surface area contributed by atoms with Gasteiger partial charge in [-0.25, -0.2) is 4.98 Å². The molecule has 2 atom stereocenters. The van der Waals surface area contributed by atoms with Crippen molar-refractivity contribution in [3.63, 3.8) is 0 Å². The summed E-state index contributed by atoms with van der Waals surface area (Å²) < 4.78 is 5.39. The first-order valence-electron chi connectivity index (χ1n) is 9.54. The van der Waals surface area contributed by atoms with E-state index in [2.05, 4.69) is 15.6 Å². The van der Waals surface area contributed by atoms with E-state index in [1.54, 1.807) is 43.4 Å². The number of ether oxygens (including phenoxy) is 1. The fourth-order valence-corrected chi connectivity index (χ4v) is 4.13. The van der Waals surface area contributed by atoms with Gasteiger partial charge in [0.05, 0.1) is 24.1 Å². The van der Waals surface area contributed by atoms with Crippen LogP contribution in [0.2, 0.25) is 5.15 Å². The van der Waals surface area contributed by atoms with E-state index < -0.39 is 0 Å². The number of nitrogens with zero attached hydrogens (tertiary/aromatic N) is 1. The Kier molecular flexibility index (Phi) is 8.66.